The van der Waals surface area contributed by atoms with E-state index in [4.69, 9.17) is 13.9 Å². The number of nitrogens with zero attached hydrogens (tertiary/aromatic N) is 2. The van der Waals surface area contributed by atoms with Crippen molar-refractivity contribution in [2.75, 3.05) is 12.1 Å². The first-order valence-electron chi connectivity index (χ1n) is 8.10. The molecule has 0 fully saturated rings. The van der Waals surface area contributed by atoms with Crippen LogP contribution >= 0.6 is 11.3 Å². The third-order valence-electron chi connectivity index (χ3n) is 4.12. The second-order valence-electron chi connectivity index (χ2n) is 5.98. The average molecular weight is 371 g/mol. The molecule has 0 bridgehead atoms. The van der Waals surface area contributed by atoms with Gasteiger partial charge < -0.3 is 19.2 Å². The second kappa shape index (κ2) is 6.45. The van der Waals surface area contributed by atoms with Gasteiger partial charge in [-0.1, -0.05) is 0 Å². The average Bonchev–Trinajstić information content (AvgIpc) is 3.28. The standard InChI is InChI=1S/C18H17N3O4S/c1-9-11(3)26-18(19-9)21-16(22)7-13-10(2)25-17(20-13)12-4-5-14-15(6-12)24-8-23-14/h4-6H,7-8H2,1-3H3,(H,19,21,22). The molecule has 4 rings (SSSR count). The molecule has 0 atom stereocenters. The summed E-state index contributed by atoms with van der Waals surface area (Å²) in [5.74, 6) is 2.24. The smallest absolute Gasteiger partial charge is 0.232 e. The Balaban J connectivity index is 1.50. The Morgan fingerprint density at radius 2 is 2.00 bits per heavy atom. The van der Waals surface area contributed by atoms with Crippen LogP contribution in [0.4, 0.5) is 5.13 Å². The number of hydrogen-bond donors (Lipinski definition) is 1. The third-order valence-corrected chi connectivity index (χ3v) is 5.10. The van der Waals surface area contributed by atoms with Crippen molar-refractivity contribution in [1.82, 2.24) is 9.97 Å². The molecule has 0 spiro atoms. The molecular formula is C18H17N3O4S. The summed E-state index contributed by atoms with van der Waals surface area (Å²) in [6.07, 6.45) is 0.123. The lowest BCUT2D eigenvalue weighted by molar-refractivity contribution is -0.115. The highest BCUT2D eigenvalue weighted by Gasteiger charge is 2.19. The van der Waals surface area contributed by atoms with Crippen molar-refractivity contribution < 1.29 is 18.7 Å². The van der Waals surface area contributed by atoms with E-state index in [0.717, 1.165) is 16.1 Å². The summed E-state index contributed by atoms with van der Waals surface area (Å²) in [6.45, 7) is 5.90. The van der Waals surface area contributed by atoms with Gasteiger partial charge in [0.25, 0.3) is 0 Å². The summed E-state index contributed by atoms with van der Waals surface area (Å²) in [4.78, 5) is 22.2. The molecule has 0 aliphatic carbocycles. The van der Waals surface area contributed by atoms with E-state index in [9.17, 15) is 4.79 Å². The Morgan fingerprint density at radius 3 is 2.77 bits per heavy atom. The zero-order valence-electron chi connectivity index (χ0n) is 14.6. The number of benzene rings is 1. The quantitative estimate of drug-likeness (QED) is 0.754. The van der Waals surface area contributed by atoms with Crippen molar-refractivity contribution in [2.24, 2.45) is 0 Å². The minimum atomic E-state index is -0.174. The van der Waals surface area contributed by atoms with E-state index in [1.54, 1.807) is 6.92 Å². The summed E-state index contributed by atoms with van der Waals surface area (Å²) in [7, 11) is 0. The molecule has 3 heterocycles. The molecule has 26 heavy (non-hydrogen) atoms. The number of ether oxygens (including phenoxy) is 2. The summed E-state index contributed by atoms with van der Waals surface area (Å²) in [6, 6.07) is 5.49. The highest BCUT2D eigenvalue weighted by atomic mass is 32.1. The first kappa shape index (κ1) is 16.6. The molecule has 2 aromatic heterocycles. The Bertz CT molecular complexity index is 973. The van der Waals surface area contributed by atoms with Crippen LogP contribution in [0.5, 0.6) is 11.5 Å². The van der Waals surface area contributed by atoms with E-state index in [1.807, 2.05) is 32.0 Å². The number of carbonyl (C=O) groups is 1. The van der Waals surface area contributed by atoms with Crippen molar-refractivity contribution in [3.05, 3.63) is 40.2 Å². The molecule has 1 aliphatic heterocycles. The van der Waals surface area contributed by atoms with Crippen molar-refractivity contribution in [3.8, 4) is 23.0 Å². The molecule has 7 nitrogen and oxygen atoms in total. The molecular weight excluding hydrogens is 354 g/mol. The number of anilines is 1. The Morgan fingerprint density at radius 1 is 1.19 bits per heavy atom. The van der Waals surface area contributed by atoms with Crippen LogP contribution in [0.2, 0.25) is 0 Å². The molecule has 1 N–H and O–H groups in total. The van der Waals surface area contributed by atoms with Crippen LogP contribution in [0.1, 0.15) is 22.0 Å². The molecule has 1 amide bonds. The predicted molar refractivity (Wildman–Crippen MR) is 96.7 cm³/mol. The fourth-order valence-corrected chi connectivity index (χ4v) is 3.42. The van der Waals surface area contributed by atoms with Gasteiger partial charge in [0.1, 0.15) is 5.76 Å². The largest absolute Gasteiger partial charge is 0.454 e. The number of hydrogen-bond acceptors (Lipinski definition) is 7. The molecule has 0 unspecified atom stereocenters. The zero-order chi connectivity index (χ0) is 18.3. The number of nitrogens with one attached hydrogen (secondary N) is 1. The van der Waals surface area contributed by atoms with Crippen LogP contribution in [0, 0.1) is 20.8 Å². The van der Waals surface area contributed by atoms with Crippen LogP contribution in [0.3, 0.4) is 0 Å². The van der Waals surface area contributed by atoms with Gasteiger partial charge in [0.2, 0.25) is 18.6 Å². The molecule has 3 aromatic rings. The van der Waals surface area contributed by atoms with Gasteiger partial charge in [0.15, 0.2) is 16.6 Å². The van der Waals surface area contributed by atoms with Gasteiger partial charge in [-0.05, 0) is 39.0 Å². The predicted octanol–water partition coefficient (Wildman–Crippen LogP) is 3.63. The fourth-order valence-electron chi connectivity index (χ4n) is 2.59. The summed E-state index contributed by atoms with van der Waals surface area (Å²) >= 11 is 1.46. The van der Waals surface area contributed by atoms with E-state index in [0.29, 0.717) is 34.0 Å². The third kappa shape index (κ3) is 3.15. The normalized spacial score (nSPS) is 12.4. The van der Waals surface area contributed by atoms with Crippen LogP contribution < -0.4 is 14.8 Å². The first-order chi connectivity index (χ1) is 12.5. The fraction of sp³-hybridized carbons (Fsp3) is 0.278. The zero-order valence-corrected chi connectivity index (χ0v) is 15.4. The Labute approximate surface area is 154 Å². The van der Waals surface area contributed by atoms with Gasteiger partial charge in [0.05, 0.1) is 17.8 Å². The van der Waals surface area contributed by atoms with Crippen molar-refractivity contribution in [3.63, 3.8) is 0 Å². The maximum absolute atomic E-state index is 12.3. The van der Waals surface area contributed by atoms with Crippen LogP contribution in [0.15, 0.2) is 22.6 Å². The van der Waals surface area contributed by atoms with Crippen molar-refractivity contribution >= 4 is 22.4 Å². The molecule has 0 saturated heterocycles. The van der Waals surface area contributed by atoms with Gasteiger partial charge in [-0.15, -0.1) is 11.3 Å². The number of thiazole rings is 1. The van der Waals surface area contributed by atoms with Crippen LogP contribution in [0.25, 0.3) is 11.5 Å². The number of oxazole rings is 1. The van der Waals surface area contributed by atoms with Crippen molar-refractivity contribution in [1.29, 1.82) is 0 Å². The second-order valence-corrected chi connectivity index (χ2v) is 7.18. The molecule has 8 heteroatoms. The number of fused-ring (bicyclic) bond motifs is 1. The lowest BCUT2D eigenvalue weighted by atomic mass is 10.2. The SMILES string of the molecule is Cc1nc(NC(=O)Cc2nc(-c3ccc4c(c3)OCO4)oc2C)sc1C. The van der Waals surface area contributed by atoms with Gasteiger partial charge in [-0.25, -0.2) is 9.97 Å². The highest BCUT2D eigenvalue weighted by Crippen LogP contribution is 2.36. The first-order valence-corrected chi connectivity index (χ1v) is 8.91. The van der Waals surface area contributed by atoms with Crippen molar-refractivity contribution in [2.45, 2.75) is 27.2 Å². The summed E-state index contributed by atoms with van der Waals surface area (Å²) in [5, 5.41) is 3.41. The maximum Gasteiger partial charge on any atom is 0.232 e. The Hall–Kier alpha value is -2.87. The summed E-state index contributed by atoms with van der Waals surface area (Å²) in [5.41, 5.74) is 2.29. The van der Waals surface area contributed by atoms with Crippen LogP contribution in [-0.2, 0) is 11.2 Å². The van der Waals surface area contributed by atoms with Gasteiger partial charge in [0, 0.05) is 10.4 Å². The number of aromatic nitrogens is 2. The molecule has 134 valence electrons. The topological polar surface area (TPSA) is 86.5 Å². The summed E-state index contributed by atoms with van der Waals surface area (Å²) < 4.78 is 16.4. The number of rotatable bonds is 4. The number of carbonyl (C=O) groups excluding carboxylic acids is 1. The van der Waals surface area contributed by atoms with Gasteiger partial charge >= 0.3 is 0 Å². The molecule has 0 saturated carbocycles. The lowest BCUT2D eigenvalue weighted by Gasteiger charge is -1.99. The van der Waals surface area contributed by atoms with Gasteiger partial charge in [-0.3, -0.25) is 4.79 Å². The monoisotopic (exact) mass is 371 g/mol. The maximum atomic E-state index is 12.3. The number of amides is 1. The van der Waals surface area contributed by atoms with E-state index >= 15 is 0 Å². The number of aryl methyl sites for hydroxylation is 3. The Kier molecular flexibility index (Phi) is 4.12. The molecule has 1 aromatic carbocycles. The van der Waals surface area contributed by atoms with Gasteiger partial charge in [-0.2, -0.15) is 0 Å². The minimum absolute atomic E-state index is 0.123. The highest BCUT2D eigenvalue weighted by molar-refractivity contribution is 7.15. The minimum Gasteiger partial charge on any atom is -0.454 e. The van der Waals surface area contributed by atoms with E-state index in [2.05, 4.69) is 15.3 Å². The van der Waals surface area contributed by atoms with E-state index < -0.39 is 0 Å². The molecule has 0 radical (unpaired) electrons. The van der Waals surface area contributed by atoms with E-state index in [1.165, 1.54) is 11.3 Å². The molecule has 1 aliphatic rings. The van der Waals surface area contributed by atoms with E-state index in [-0.39, 0.29) is 19.1 Å². The van der Waals surface area contributed by atoms with Crippen LogP contribution in [-0.4, -0.2) is 22.7 Å². The lowest BCUT2D eigenvalue weighted by Crippen LogP contribution is -2.15.